The van der Waals surface area contributed by atoms with Gasteiger partial charge in [0.2, 0.25) is 29.5 Å². The molecular weight excluding hydrogens is 508 g/mol. The van der Waals surface area contributed by atoms with Crippen LogP contribution in [0.15, 0.2) is 12.5 Å². The zero-order valence-electron chi connectivity index (χ0n) is 20.4. The van der Waals surface area contributed by atoms with Crippen molar-refractivity contribution in [3.63, 3.8) is 0 Å². The Morgan fingerprint density at radius 3 is 1.92 bits per heavy atom. The molecule has 0 saturated heterocycles. The highest BCUT2D eigenvalue weighted by Crippen LogP contribution is 2.07. The van der Waals surface area contributed by atoms with E-state index in [4.69, 9.17) is 17.2 Å². The number of carboxylic acid groups (broad SMARTS) is 1. The number of H-pyrrole nitrogens is 1. The quantitative estimate of drug-likeness (QED) is 0.0937. The van der Waals surface area contributed by atoms with Crippen molar-refractivity contribution >= 4 is 47.3 Å². The summed E-state index contributed by atoms with van der Waals surface area (Å²) in [6.07, 6.45) is 4.04. The molecular formula is C21H34N8O7S. The Labute approximate surface area is 217 Å². The second-order valence-electron chi connectivity index (χ2n) is 8.20. The molecule has 1 heterocycles. The third kappa shape index (κ3) is 12.2. The molecule has 4 unspecified atom stereocenters. The normalized spacial score (nSPS) is 14.0. The van der Waals surface area contributed by atoms with E-state index in [2.05, 4.69) is 25.9 Å². The first-order chi connectivity index (χ1) is 17.4. The number of rotatable bonds is 18. The average molecular weight is 543 g/mol. The molecule has 37 heavy (non-hydrogen) atoms. The largest absolute Gasteiger partial charge is 0.480 e. The smallest absolute Gasteiger partial charge is 0.326 e. The molecule has 1 aromatic rings. The number of carboxylic acids is 1. The number of aromatic nitrogens is 2. The van der Waals surface area contributed by atoms with E-state index < -0.39 is 59.7 Å². The van der Waals surface area contributed by atoms with Gasteiger partial charge >= 0.3 is 5.97 Å². The fourth-order valence-corrected chi connectivity index (χ4v) is 3.62. The molecule has 0 aliphatic carbocycles. The Kier molecular flexibility index (Phi) is 13.7. The first kappa shape index (κ1) is 31.4. The van der Waals surface area contributed by atoms with Gasteiger partial charge in [-0.2, -0.15) is 11.8 Å². The van der Waals surface area contributed by atoms with Crippen LogP contribution >= 0.6 is 11.8 Å². The third-order valence-corrected chi connectivity index (χ3v) is 5.83. The van der Waals surface area contributed by atoms with Gasteiger partial charge in [0.15, 0.2) is 0 Å². The predicted octanol–water partition coefficient (Wildman–Crippen LogP) is -2.90. The number of primary amides is 2. The molecule has 0 spiro atoms. The van der Waals surface area contributed by atoms with E-state index in [1.165, 1.54) is 24.3 Å². The number of imidazole rings is 1. The number of carbonyl (C=O) groups excluding carboxylic acids is 5. The summed E-state index contributed by atoms with van der Waals surface area (Å²) in [7, 11) is 0. The van der Waals surface area contributed by atoms with Gasteiger partial charge in [-0.15, -0.1) is 0 Å². The van der Waals surface area contributed by atoms with E-state index in [9.17, 15) is 33.9 Å². The molecule has 0 saturated carbocycles. The van der Waals surface area contributed by atoms with Crippen molar-refractivity contribution in [1.82, 2.24) is 25.9 Å². The molecule has 0 radical (unpaired) electrons. The van der Waals surface area contributed by atoms with Crippen molar-refractivity contribution in [1.29, 1.82) is 0 Å². The van der Waals surface area contributed by atoms with Crippen molar-refractivity contribution < 1.29 is 33.9 Å². The van der Waals surface area contributed by atoms with Crippen LogP contribution in [0.4, 0.5) is 0 Å². The first-order valence-corrected chi connectivity index (χ1v) is 12.8. The fourth-order valence-electron chi connectivity index (χ4n) is 3.15. The summed E-state index contributed by atoms with van der Waals surface area (Å²) in [5, 5.41) is 16.6. The van der Waals surface area contributed by atoms with Crippen LogP contribution in [-0.4, -0.2) is 86.8 Å². The number of carbonyl (C=O) groups is 6. The number of aromatic amines is 1. The average Bonchev–Trinajstić information content (AvgIpc) is 3.33. The molecule has 0 aliphatic heterocycles. The van der Waals surface area contributed by atoms with E-state index in [0.717, 1.165) is 0 Å². The maximum atomic E-state index is 13.1. The van der Waals surface area contributed by atoms with Crippen molar-refractivity contribution in [2.24, 2.45) is 17.2 Å². The van der Waals surface area contributed by atoms with Gasteiger partial charge in [-0.1, -0.05) is 0 Å². The molecule has 1 aromatic heterocycles. The number of hydrogen-bond acceptors (Lipinski definition) is 9. The van der Waals surface area contributed by atoms with Crippen molar-refractivity contribution in [3.8, 4) is 0 Å². The molecule has 0 aromatic carbocycles. The summed E-state index contributed by atoms with van der Waals surface area (Å²) in [6, 6.07) is -4.86. The van der Waals surface area contributed by atoms with E-state index in [-0.39, 0.29) is 38.5 Å². The molecule has 15 nitrogen and oxygen atoms in total. The number of nitrogens with one attached hydrogen (secondary N) is 4. The molecule has 11 N–H and O–H groups in total. The van der Waals surface area contributed by atoms with E-state index in [1.54, 1.807) is 0 Å². The number of amides is 5. The molecule has 0 aliphatic rings. The second-order valence-corrected chi connectivity index (χ2v) is 9.19. The molecule has 16 heteroatoms. The van der Waals surface area contributed by atoms with Gasteiger partial charge in [0.05, 0.1) is 12.4 Å². The van der Waals surface area contributed by atoms with Crippen LogP contribution in [0.3, 0.4) is 0 Å². The van der Waals surface area contributed by atoms with Crippen LogP contribution < -0.4 is 33.2 Å². The van der Waals surface area contributed by atoms with Gasteiger partial charge in [0.25, 0.3) is 0 Å². The SMILES string of the molecule is CSCCC(NC(=O)C(N)Cc1cnc[nH]1)C(=O)NC(CCC(N)=O)C(=O)NC(CCC(N)=O)C(=O)O. The lowest BCUT2D eigenvalue weighted by Crippen LogP contribution is -2.57. The minimum Gasteiger partial charge on any atom is -0.480 e. The van der Waals surface area contributed by atoms with Crippen LogP contribution in [0.2, 0.25) is 0 Å². The van der Waals surface area contributed by atoms with Gasteiger partial charge in [-0.3, -0.25) is 24.0 Å². The maximum Gasteiger partial charge on any atom is 0.326 e. The van der Waals surface area contributed by atoms with Crippen LogP contribution in [0, 0.1) is 0 Å². The maximum absolute atomic E-state index is 13.1. The van der Waals surface area contributed by atoms with E-state index >= 15 is 0 Å². The number of aliphatic carboxylic acids is 1. The van der Waals surface area contributed by atoms with Crippen molar-refractivity contribution in [2.75, 3.05) is 12.0 Å². The fraction of sp³-hybridized carbons (Fsp3) is 0.571. The summed E-state index contributed by atoms with van der Waals surface area (Å²) in [4.78, 5) is 79.0. The predicted molar refractivity (Wildman–Crippen MR) is 134 cm³/mol. The zero-order valence-corrected chi connectivity index (χ0v) is 21.2. The van der Waals surface area contributed by atoms with Crippen molar-refractivity contribution in [2.45, 2.75) is 62.7 Å². The molecule has 206 valence electrons. The molecule has 5 amide bonds. The van der Waals surface area contributed by atoms with E-state index in [1.807, 2.05) is 6.26 Å². The monoisotopic (exact) mass is 542 g/mol. The Balaban J connectivity index is 2.95. The summed E-state index contributed by atoms with van der Waals surface area (Å²) >= 11 is 1.43. The number of nitrogens with zero attached hydrogens (tertiary/aromatic N) is 1. The minimum atomic E-state index is -1.46. The molecule has 0 bridgehead atoms. The third-order valence-electron chi connectivity index (χ3n) is 5.18. The highest BCUT2D eigenvalue weighted by Gasteiger charge is 2.30. The van der Waals surface area contributed by atoms with Crippen molar-refractivity contribution in [3.05, 3.63) is 18.2 Å². The number of nitrogens with two attached hydrogens (primary N) is 3. The van der Waals surface area contributed by atoms with Gasteiger partial charge in [-0.25, -0.2) is 9.78 Å². The Morgan fingerprint density at radius 2 is 1.43 bits per heavy atom. The lowest BCUT2D eigenvalue weighted by molar-refractivity contribution is -0.142. The summed E-state index contributed by atoms with van der Waals surface area (Å²) in [5.74, 6) is -4.66. The van der Waals surface area contributed by atoms with Gasteiger partial charge in [-0.05, 0) is 31.3 Å². The van der Waals surface area contributed by atoms with Crippen LogP contribution in [-0.2, 0) is 35.2 Å². The van der Waals surface area contributed by atoms with Crippen LogP contribution in [0.25, 0.3) is 0 Å². The summed E-state index contributed by atoms with van der Waals surface area (Å²) in [5.41, 5.74) is 16.8. The van der Waals surface area contributed by atoms with Gasteiger partial charge in [0, 0.05) is 31.2 Å². The summed E-state index contributed by atoms with van der Waals surface area (Å²) in [6.45, 7) is 0. The minimum absolute atomic E-state index is 0.147. The van der Waals surface area contributed by atoms with Gasteiger partial charge < -0.3 is 43.2 Å². The molecule has 4 atom stereocenters. The molecule has 1 rings (SSSR count). The summed E-state index contributed by atoms with van der Waals surface area (Å²) < 4.78 is 0. The topological polar surface area (TPSA) is 265 Å². The van der Waals surface area contributed by atoms with Crippen LogP contribution in [0.5, 0.6) is 0 Å². The van der Waals surface area contributed by atoms with Gasteiger partial charge in [0.1, 0.15) is 18.1 Å². The highest BCUT2D eigenvalue weighted by atomic mass is 32.2. The zero-order chi connectivity index (χ0) is 28.0. The molecule has 0 fully saturated rings. The number of thioether (sulfide) groups is 1. The Morgan fingerprint density at radius 1 is 0.919 bits per heavy atom. The highest BCUT2D eigenvalue weighted by molar-refractivity contribution is 7.98. The Bertz CT molecular complexity index is 943. The standard InChI is InChI=1S/C21H34N8O7S/c1-37-7-6-14(27-18(32)12(22)8-11-9-25-10-26-11)20(34)28-13(2-4-16(23)30)19(33)29-15(21(35)36)3-5-17(24)31/h9-10,12-15H,2-8,22H2,1H3,(H2,23,30)(H2,24,31)(H,25,26)(H,27,32)(H,28,34)(H,29,33)(H,35,36). The lowest BCUT2D eigenvalue weighted by Gasteiger charge is -2.25. The van der Waals surface area contributed by atoms with E-state index in [0.29, 0.717) is 11.4 Å². The second kappa shape index (κ2) is 16.2. The Hall–Kier alpha value is -3.66. The number of hydrogen-bond donors (Lipinski definition) is 8. The first-order valence-electron chi connectivity index (χ1n) is 11.4. The lowest BCUT2D eigenvalue weighted by atomic mass is 10.1. The van der Waals surface area contributed by atoms with Crippen LogP contribution in [0.1, 0.15) is 37.8 Å².